The van der Waals surface area contributed by atoms with Gasteiger partial charge in [0, 0.05) is 50.6 Å². The maximum atomic E-state index is 4.75. The number of rotatable bonds is 4. The van der Waals surface area contributed by atoms with Crippen molar-refractivity contribution in [2.24, 2.45) is 0 Å². The van der Waals surface area contributed by atoms with Crippen molar-refractivity contribution in [3.05, 3.63) is 30.0 Å². The third-order valence-electron chi connectivity index (χ3n) is 5.27. The second-order valence-electron chi connectivity index (χ2n) is 7.08. The van der Waals surface area contributed by atoms with Crippen molar-refractivity contribution in [1.82, 2.24) is 29.5 Å². The van der Waals surface area contributed by atoms with Crippen LogP contribution in [0.2, 0.25) is 0 Å². The molecule has 0 amide bonds. The van der Waals surface area contributed by atoms with Crippen LogP contribution < -0.4 is 9.80 Å². The van der Waals surface area contributed by atoms with Gasteiger partial charge in [0.1, 0.15) is 11.6 Å². The fourth-order valence-corrected chi connectivity index (χ4v) is 3.95. The van der Waals surface area contributed by atoms with Crippen LogP contribution >= 0.6 is 11.8 Å². The number of fused-ring (bicyclic) bond motifs is 1. The summed E-state index contributed by atoms with van der Waals surface area (Å²) in [6.45, 7) is 5.54. The number of anilines is 2. The van der Waals surface area contributed by atoms with Gasteiger partial charge in [-0.2, -0.15) is 0 Å². The van der Waals surface area contributed by atoms with Gasteiger partial charge in [-0.15, -0.1) is 10.2 Å². The molecule has 2 aliphatic rings. The number of hydrogen-bond donors (Lipinski definition) is 0. The summed E-state index contributed by atoms with van der Waals surface area (Å²) < 4.78 is 1.99. The van der Waals surface area contributed by atoms with Gasteiger partial charge in [0.05, 0.1) is 5.69 Å². The first-order chi connectivity index (χ1) is 13.2. The van der Waals surface area contributed by atoms with Crippen molar-refractivity contribution in [3.63, 3.8) is 0 Å². The summed E-state index contributed by atoms with van der Waals surface area (Å²) in [5.74, 6) is 3.48. The molecule has 27 heavy (non-hydrogen) atoms. The lowest BCUT2D eigenvalue weighted by Crippen LogP contribution is -2.47. The minimum Gasteiger partial charge on any atom is -0.353 e. The lowest BCUT2D eigenvalue weighted by molar-refractivity contribution is 0.636. The Labute approximate surface area is 162 Å². The number of nitrogens with zero attached hydrogens (tertiary/aromatic N) is 8. The SMILES string of the molecule is CSc1nc(C2CC2)cc(N2CCN(c3nccn4c(C)nnc34)CC2)n1. The van der Waals surface area contributed by atoms with Gasteiger partial charge in [0.15, 0.2) is 11.0 Å². The Balaban J connectivity index is 1.36. The quantitative estimate of drug-likeness (QED) is 0.502. The summed E-state index contributed by atoms with van der Waals surface area (Å²) >= 11 is 1.62. The molecule has 0 unspecified atom stereocenters. The standard InChI is InChI=1S/C18H22N8S/c1-12-22-23-17-16(19-5-6-26(12)17)25-9-7-24(8-10-25)15-11-14(13-3-4-13)20-18(21-15)27-2/h5-6,11,13H,3-4,7-10H2,1-2H3. The lowest BCUT2D eigenvalue weighted by Gasteiger charge is -2.36. The first-order valence-electron chi connectivity index (χ1n) is 9.32. The lowest BCUT2D eigenvalue weighted by atomic mass is 10.2. The van der Waals surface area contributed by atoms with Crippen molar-refractivity contribution < 1.29 is 0 Å². The van der Waals surface area contributed by atoms with E-state index in [0.29, 0.717) is 5.92 Å². The van der Waals surface area contributed by atoms with Crippen LogP contribution in [0.4, 0.5) is 11.6 Å². The molecule has 0 spiro atoms. The third kappa shape index (κ3) is 3.09. The minimum atomic E-state index is 0.636. The molecule has 4 heterocycles. The van der Waals surface area contributed by atoms with Gasteiger partial charge < -0.3 is 9.80 Å². The molecule has 1 saturated carbocycles. The third-order valence-corrected chi connectivity index (χ3v) is 5.82. The molecule has 2 fully saturated rings. The predicted molar refractivity (Wildman–Crippen MR) is 106 cm³/mol. The zero-order valence-electron chi connectivity index (χ0n) is 15.5. The zero-order valence-corrected chi connectivity index (χ0v) is 16.4. The van der Waals surface area contributed by atoms with Gasteiger partial charge in [-0.3, -0.25) is 4.40 Å². The van der Waals surface area contributed by atoms with Gasteiger partial charge in [-0.05, 0) is 26.0 Å². The molecule has 5 rings (SSSR count). The number of hydrogen-bond acceptors (Lipinski definition) is 8. The molecule has 140 valence electrons. The van der Waals surface area contributed by atoms with Crippen LogP contribution in [0.15, 0.2) is 23.6 Å². The van der Waals surface area contributed by atoms with Crippen LogP contribution in [-0.4, -0.2) is 62.0 Å². The maximum absolute atomic E-state index is 4.75. The highest BCUT2D eigenvalue weighted by Gasteiger charge is 2.28. The average molecular weight is 382 g/mol. The van der Waals surface area contributed by atoms with Crippen molar-refractivity contribution in [3.8, 4) is 0 Å². The van der Waals surface area contributed by atoms with E-state index in [0.717, 1.165) is 54.4 Å². The average Bonchev–Trinajstić information content (AvgIpc) is 3.51. The summed E-state index contributed by atoms with van der Waals surface area (Å²) in [4.78, 5) is 18.7. The number of piperazine rings is 1. The van der Waals surface area contributed by atoms with E-state index in [1.807, 2.05) is 30.0 Å². The van der Waals surface area contributed by atoms with E-state index in [9.17, 15) is 0 Å². The van der Waals surface area contributed by atoms with Crippen LogP contribution in [0.1, 0.15) is 30.3 Å². The molecule has 0 N–H and O–H groups in total. The first kappa shape index (κ1) is 16.7. The Kier molecular flexibility index (Phi) is 4.11. The monoisotopic (exact) mass is 382 g/mol. The highest BCUT2D eigenvalue weighted by Crippen LogP contribution is 2.40. The van der Waals surface area contributed by atoms with Gasteiger partial charge in [0.25, 0.3) is 0 Å². The van der Waals surface area contributed by atoms with Crippen LogP contribution in [0.5, 0.6) is 0 Å². The number of aryl methyl sites for hydroxylation is 1. The van der Waals surface area contributed by atoms with E-state index in [1.54, 1.807) is 11.8 Å². The molecule has 1 aliphatic heterocycles. The molecule has 3 aromatic heterocycles. The first-order valence-corrected chi connectivity index (χ1v) is 10.5. The topological polar surface area (TPSA) is 75.3 Å². The summed E-state index contributed by atoms with van der Waals surface area (Å²) in [5, 5.41) is 9.36. The maximum Gasteiger partial charge on any atom is 0.203 e. The Bertz CT molecular complexity index is 975. The summed E-state index contributed by atoms with van der Waals surface area (Å²) in [6.07, 6.45) is 8.29. The van der Waals surface area contributed by atoms with E-state index >= 15 is 0 Å². The number of aromatic nitrogens is 6. The van der Waals surface area contributed by atoms with E-state index in [2.05, 4.69) is 31.0 Å². The van der Waals surface area contributed by atoms with Crippen LogP contribution in [-0.2, 0) is 0 Å². The Morgan fingerprint density at radius 3 is 2.56 bits per heavy atom. The smallest absolute Gasteiger partial charge is 0.203 e. The highest BCUT2D eigenvalue weighted by molar-refractivity contribution is 7.98. The minimum absolute atomic E-state index is 0.636. The van der Waals surface area contributed by atoms with Crippen LogP contribution in [0, 0.1) is 6.92 Å². The molecule has 8 nitrogen and oxygen atoms in total. The van der Waals surface area contributed by atoms with Gasteiger partial charge in [-0.1, -0.05) is 11.8 Å². The van der Waals surface area contributed by atoms with Crippen LogP contribution in [0.3, 0.4) is 0 Å². The Hall–Kier alpha value is -2.42. The molecule has 0 bridgehead atoms. The molecule has 0 atom stereocenters. The predicted octanol–water partition coefficient (Wildman–Crippen LogP) is 2.15. The molecule has 9 heteroatoms. The normalized spacial score (nSPS) is 17.7. The van der Waals surface area contributed by atoms with Crippen molar-refractivity contribution in [2.45, 2.75) is 30.8 Å². The summed E-state index contributed by atoms with van der Waals surface area (Å²) in [7, 11) is 0. The fraction of sp³-hybridized carbons (Fsp3) is 0.500. The molecule has 0 aromatic carbocycles. The molecule has 3 aromatic rings. The molecule has 1 aliphatic carbocycles. The molecule has 0 radical (unpaired) electrons. The molecular formula is C18H22N8S. The van der Waals surface area contributed by atoms with E-state index in [-0.39, 0.29) is 0 Å². The second-order valence-corrected chi connectivity index (χ2v) is 7.85. The number of thioether (sulfide) groups is 1. The Morgan fingerprint density at radius 2 is 1.81 bits per heavy atom. The highest BCUT2D eigenvalue weighted by atomic mass is 32.2. The van der Waals surface area contributed by atoms with Gasteiger partial charge >= 0.3 is 0 Å². The van der Waals surface area contributed by atoms with E-state index in [4.69, 9.17) is 9.97 Å². The molecular weight excluding hydrogens is 360 g/mol. The summed E-state index contributed by atoms with van der Waals surface area (Å²) in [6, 6.07) is 2.19. The van der Waals surface area contributed by atoms with Crippen molar-refractivity contribution >= 4 is 29.0 Å². The Morgan fingerprint density at radius 1 is 1.04 bits per heavy atom. The van der Waals surface area contributed by atoms with Gasteiger partial charge in [-0.25, -0.2) is 15.0 Å². The van der Waals surface area contributed by atoms with Gasteiger partial charge in [0.2, 0.25) is 5.65 Å². The van der Waals surface area contributed by atoms with E-state index in [1.165, 1.54) is 18.5 Å². The van der Waals surface area contributed by atoms with Crippen molar-refractivity contribution in [2.75, 3.05) is 42.2 Å². The van der Waals surface area contributed by atoms with Crippen LogP contribution in [0.25, 0.3) is 5.65 Å². The zero-order chi connectivity index (χ0) is 18.4. The molecule has 1 saturated heterocycles. The fourth-order valence-electron chi connectivity index (χ4n) is 3.57. The van der Waals surface area contributed by atoms with E-state index < -0.39 is 0 Å². The summed E-state index contributed by atoms with van der Waals surface area (Å²) in [5.41, 5.74) is 2.03. The largest absolute Gasteiger partial charge is 0.353 e. The van der Waals surface area contributed by atoms with Crippen molar-refractivity contribution in [1.29, 1.82) is 0 Å². The second kappa shape index (κ2) is 6.63.